The molecule has 1 aliphatic heterocycles. The topological polar surface area (TPSA) is 49.9 Å². The van der Waals surface area contributed by atoms with Crippen molar-refractivity contribution >= 4 is 23.4 Å². The molecule has 0 radical (unpaired) electrons. The zero-order chi connectivity index (χ0) is 17.3. The van der Waals surface area contributed by atoms with Crippen LogP contribution in [-0.2, 0) is 4.74 Å². The molecule has 0 spiro atoms. The minimum atomic E-state index is -0.627. The van der Waals surface area contributed by atoms with Gasteiger partial charge in [-0.15, -0.1) is 0 Å². The SMILES string of the molecule is COC(=O)c1ccc(N2CCN(c3cccc(C)c3)C2=O)c(F)c1. The molecule has 0 N–H and O–H groups in total. The number of carbonyl (C=O) groups excluding carboxylic acids is 2. The van der Waals surface area contributed by atoms with E-state index in [0.717, 1.165) is 17.3 Å². The fourth-order valence-electron chi connectivity index (χ4n) is 2.77. The van der Waals surface area contributed by atoms with Crippen molar-refractivity contribution in [2.24, 2.45) is 0 Å². The average Bonchev–Trinajstić information content (AvgIpc) is 2.95. The van der Waals surface area contributed by atoms with Crippen molar-refractivity contribution in [1.82, 2.24) is 0 Å². The van der Waals surface area contributed by atoms with Gasteiger partial charge in [0.05, 0.1) is 18.4 Å². The van der Waals surface area contributed by atoms with Crippen LogP contribution < -0.4 is 9.80 Å². The highest BCUT2D eigenvalue weighted by molar-refractivity contribution is 6.06. The third-order valence-corrected chi connectivity index (χ3v) is 3.98. The molecule has 0 aliphatic carbocycles. The Morgan fingerprint density at radius 3 is 2.54 bits per heavy atom. The Morgan fingerprint density at radius 2 is 1.88 bits per heavy atom. The Hall–Kier alpha value is -2.89. The second-order valence-corrected chi connectivity index (χ2v) is 5.58. The third kappa shape index (κ3) is 2.82. The molecule has 0 aromatic heterocycles. The van der Waals surface area contributed by atoms with E-state index in [4.69, 9.17) is 0 Å². The van der Waals surface area contributed by atoms with Gasteiger partial charge < -0.3 is 4.74 Å². The minimum Gasteiger partial charge on any atom is -0.465 e. The molecule has 2 aromatic carbocycles. The highest BCUT2D eigenvalue weighted by Crippen LogP contribution is 2.28. The van der Waals surface area contributed by atoms with E-state index >= 15 is 0 Å². The summed E-state index contributed by atoms with van der Waals surface area (Å²) in [6, 6.07) is 11.3. The van der Waals surface area contributed by atoms with Crippen molar-refractivity contribution < 1.29 is 18.7 Å². The molecule has 2 amide bonds. The molecule has 2 aromatic rings. The second-order valence-electron chi connectivity index (χ2n) is 5.58. The van der Waals surface area contributed by atoms with Gasteiger partial charge >= 0.3 is 12.0 Å². The standard InChI is InChI=1S/C18H17FN2O3/c1-12-4-3-5-14(10-12)20-8-9-21(18(20)23)16-7-6-13(11-15(16)19)17(22)24-2/h3-7,10-11H,8-9H2,1-2H3. The summed E-state index contributed by atoms with van der Waals surface area (Å²) < 4.78 is 18.9. The van der Waals surface area contributed by atoms with Crippen LogP contribution in [0.15, 0.2) is 42.5 Å². The van der Waals surface area contributed by atoms with Gasteiger partial charge in [-0.3, -0.25) is 9.80 Å². The number of methoxy groups -OCH3 is 1. The first-order chi connectivity index (χ1) is 11.5. The first-order valence-corrected chi connectivity index (χ1v) is 7.55. The van der Waals surface area contributed by atoms with Crippen molar-refractivity contribution in [1.29, 1.82) is 0 Å². The number of nitrogens with zero attached hydrogens (tertiary/aromatic N) is 2. The third-order valence-electron chi connectivity index (χ3n) is 3.98. The van der Waals surface area contributed by atoms with Crippen LogP contribution in [0, 0.1) is 12.7 Å². The quantitative estimate of drug-likeness (QED) is 0.812. The van der Waals surface area contributed by atoms with Gasteiger partial charge in [0, 0.05) is 18.8 Å². The zero-order valence-corrected chi connectivity index (χ0v) is 13.5. The fourth-order valence-corrected chi connectivity index (χ4v) is 2.77. The van der Waals surface area contributed by atoms with Crippen molar-refractivity contribution in [3.05, 3.63) is 59.4 Å². The number of hydrogen-bond donors (Lipinski definition) is 0. The Kier molecular flexibility index (Phi) is 4.20. The van der Waals surface area contributed by atoms with Crippen molar-refractivity contribution in [3.8, 4) is 0 Å². The minimum absolute atomic E-state index is 0.112. The van der Waals surface area contributed by atoms with Gasteiger partial charge in [0.2, 0.25) is 0 Å². The van der Waals surface area contributed by atoms with E-state index in [2.05, 4.69) is 4.74 Å². The lowest BCUT2D eigenvalue weighted by molar-refractivity contribution is 0.0600. The van der Waals surface area contributed by atoms with Crippen molar-refractivity contribution in [2.75, 3.05) is 30.0 Å². The molecule has 5 nitrogen and oxygen atoms in total. The van der Waals surface area contributed by atoms with Crippen LogP contribution in [0.2, 0.25) is 0 Å². The summed E-state index contributed by atoms with van der Waals surface area (Å²) in [5.41, 5.74) is 2.10. The van der Waals surface area contributed by atoms with E-state index in [1.165, 1.54) is 24.1 Å². The maximum absolute atomic E-state index is 14.3. The number of urea groups is 1. The molecule has 0 atom stereocenters. The number of amides is 2. The molecule has 1 saturated heterocycles. The second kappa shape index (κ2) is 6.31. The van der Waals surface area contributed by atoms with Crippen LogP contribution in [0.1, 0.15) is 15.9 Å². The molecule has 24 heavy (non-hydrogen) atoms. The molecule has 3 rings (SSSR count). The fraction of sp³-hybridized carbons (Fsp3) is 0.222. The Morgan fingerprint density at radius 1 is 1.12 bits per heavy atom. The number of carbonyl (C=O) groups is 2. The first-order valence-electron chi connectivity index (χ1n) is 7.55. The lowest BCUT2D eigenvalue weighted by Crippen LogP contribution is -2.32. The molecular formula is C18H17FN2O3. The van der Waals surface area contributed by atoms with E-state index in [0.29, 0.717) is 13.1 Å². The van der Waals surface area contributed by atoms with Gasteiger partial charge in [0.1, 0.15) is 5.82 Å². The maximum Gasteiger partial charge on any atom is 0.337 e. The van der Waals surface area contributed by atoms with Gasteiger partial charge in [-0.1, -0.05) is 12.1 Å². The summed E-state index contributed by atoms with van der Waals surface area (Å²) in [5.74, 6) is -1.24. The molecule has 0 bridgehead atoms. The summed E-state index contributed by atoms with van der Waals surface area (Å²) >= 11 is 0. The largest absolute Gasteiger partial charge is 0.465 e. The van der Waals surface area contributed by atoms with E-state index in [9.17, 15) is 14.0 Å². The normalized spacial score (nSPS) is 14.2. The lowest BCUT2D eigenvalue weighted by Gasteiger charge is -2.19. The van der Waals surface area contributed by atoms with Crippen molar-refractivity contribution in [3.63, 3.8) is 0 Å². The number of aryl methyl sites for hydroxylation is 1. The number of benzene rings is 2. The maximum atomic E-state index is 14.3. The number of halogens is 1. The predicted octanol–water partition coefficient (Wildman–Crippen LogP) is 3.37. The Labute approximate surface area is 139 Å². The highest BCUT2D eigenvalue weighted by atomic mass is 19.1. The summed E-state index contributed by atoms with van der Waals surface area (Å²) in [6.07, 6.45) is 0. The van der Waals surface area contributed by atoms with E-state index in [1.807, 2.05) is 31.2 Å². The number of rotatable bonds is 3. The highest BCUT2D eigenvalue weighted by Gasteiger charge is 2.32. The zero-order valence-electron chi connectivity index (χ0n) is 13.5. The lowest BCUT2D eigenvalue weighted by atomic mass is 10.2. The van der Waals surface area contributed by atoms with E-state index < -0.39 is 11.8 Å². The molecule has 6 heteroatoms. The molecule has 124 valence electrons. The van der Waals surface area contributed by atoms with Crippen LogP contribution in [0.4, 0.5) is 20.6 Å². The Balaban J connectivity index is 1.86. The van der Waals surface area contributed by atoms with Gasteiger partial charge in [-0.05, 0) is 42.8 Å². The monoisotopic (exact) mass is 328 g/mol. The van der Waals surface area contributed by atoms with Crippen LogP contribution >= 0.6 is 0 Å². The predicted molar refractivity (Wildman–Crippen MR) is 89.0 cm³/mol. The van der Waals surface area contributed by atoms with E-state index in [-0.39, 0.29) is 17.3 Å². The number of esters is 1. The van der Waals surface area contributed by atoms with Crippen LogP contribution in [-0.4, -0.2) is 32.2 Å². The van der Waals surface area contributed by atoms with Crippen LogP contribution in [0.5, 0.6) is 0 Å². The average molecular weight is 328 g/mol. The summed E-state index contributed by atoms with van der Waals surface area (Å²) in [7, 11) is 1.23. The first kappa shape index (κ1) is 16.0. The smallest absolute Gasteiger partial charge is 0.337 e. The molecular weight excluding hydrogens is 311 g/mol. The summed E-state index contributed by atoms with van der Waals surface area (Å²) in [5, 5.41) is 0. The Bertz CT molecular complexity index is 807. The van der Waals surface area contributed by atoms with Gasteiger partial charge in [-0.25, -0.2) is 14.0 Å². The molecule has 0 unspecified atom stereocenters. The van der Waals surface area contributed by atoms with Crippen molar-refractivity contribution in [2.45, 2.75) is 6.92 Å². The van der Waals surface area contributed by atoms with Gasteiger partial charge in [0.15, 0.2) is 0 Å². The van der Waals surface area contributed by atoms with Crippen LogP contribution in [0.3, 0.4) is 0 Å². The van der Waals surface area contributed by atoms with Crippen LogP contribution in [0.25, 0.3) is 0 Å². The van der Waals surface area contributed by atoms with Gasteiger partial charge in [0.25, 0.3) is 0 Å². The summed E-state index contributed by atoms with van der Waals surface area (Å²) in [6.45, 7) is 2.80. The number of ether oxygens (including phenoxy) is 1. The molecule has 0 saturated carbocycles. The molecule has 1 aliphatic rings. The number of anilines is 2. The number of hydrogen-bond acceptors (Lipinski definition) is 3. The van der Waals surface area contributed by atoms with Gasteiger partial charge in [-0.2, -0.15) is 0 Å². The van der Waals surface area contributed by atoms with E-state index in [1.54, 1.807) is 4.90 Å². The molecule has 1 heterocycles. The molecule has 1 fully saturated rings. The summed E-state index contributed by atoms with van der Waals surface area (Å²) in [4.78, 5) is 27.1.